The quantitative estimate of drug-likeness (QED) is 0.644. The van der Waals surface area contributed by atoms with Crippen molar-refractivity contribution in [2.75, 3.05) is 0 Å². The number of aryl methyl sites for hydroxylation is 3. The molecule has 0 aliphatic carbocycles. The predicted octanol–water partition coefficient (Wildman–Crippen LogP) is 4.22. The highest BCUT2D eigenvalue weighted by Crippen LogP contribution is 2.24. The van der Waals surface area contributed by atoms with Gasteiger partial charge in [0.25, 0.3) is 0 Å². The standard InChI is InChI=1S/C17H16N2/c1-11-4-5-15-10-16(7-6-14(15)8-11)17-9-12(2)18-13(3)19-17/h4-10H,1-3H3. The molecule has 1 heterocycles. The van der Waals surface area contributed by atoms with Crippen molar-refractivity contribution in [3.8, 4) is 11.3 Å². The fourth-order valence-electron chi connectivity index (χ4n) is 2.39. The molecule has 0 fully saturated rings. The van der Waals surface area contributed by atoms with Gasteiger partial charge in [0.05, 0.1) is 5.69 Å². The third-order valence-electron chi connectivity index (χ3n) is 3.26. The topological polar surface area (TPSA) is 25.8 Å². The number of nitrogens with zero attached hydrogens (tertiary/aromatic N) is 2. The van der Waals surface area contributed by atoms with Gasteiger partial charge in [-0.3, -0.25) is 0 Å². The van der Waals surface area contributed by atoms with Crippen LogP contribution in [0.3, 0.4) is 0 Å². The molecule has 0 aliphatic heterocycles. The maximum atomic E-state index is 4.52. The van der Waals surface area contributed by atoms with E-state index in [1.807, 2.05) is 19.9 Å². The minimum absolute atomic E-state index is 0.819. The Morgan fingerprint density at radius 3 is 2.26 bits per heavy atom. The van der Waals surface area contributed by atoms with Crippen molar-refractivity contribution >= 4 is 10.8 Å². The molecule has 0 saturated heterocycles. The Hall–Kier alpha value is -2.22. The number of rotatable bonds is 1. The van der Waals surface area contributed by atoms with E-state index in [4.69, 9.17) is 0 Å². The molecule has 0 amide bonds. The molecule has 0 bridgehead atoms. The van der Waals surface area contributed by atoms with Gasteiger partial charge in [0.15, 0.2) is 0 Å². The normalized spacial score (nSPS) is 10.9. The minimum atomic E-state index is 0.819. The Morgan fingerprint density at radius 2 is 1.47 bits per heavy atom. The summed E-state index contributed by atoms with van der Waals surface area (Å²) in [5, 5.41) is 2.52. The summed E-state index contributed by atoms with van der Waals surface area (Å²) in [6.07, 6.45) is 0. The highest BCUT2D eigenvalue weighted by molar-refractivity contribution is 5.87. The molecule has 3 aromatic rings. The van der Waals surface area contributed by atoms with Gasteiger partial charge in [-0.15, -0.1) is 0 Å². The van der Waals surface area contributed by atoms with Gasteiger partial charge in [-0.05, 0) is 43.7 Å². The van der Waals surface area contributed by atoms with E-state index >= 15 is 0 Å². The Bertz CT molecular complexity index is 740. The average molecular weight is 248 g/mol. The van der Waals surface area contributed by atoms with Gasteiger partial charge in [0, 0.05) is 11.3 Å². The van der Waals surface area contributed by atoms with E-state index in [1.165, 1.54) is 16.3 Å². The summed E-state index contributed by atoms with van der Waals surface area (Å²) in [5.41, 5.74) is 4.43. The van der Waals surface area contributed by atoms with Crippen LogP contribution in [0, 0.1) is 20.8 Å². The third kappa shape index (κ3) is 2.34. The van der Waals surface area contributed by atoms with Crippen LogP contribution in [0.15, 0.2) is 42.5 Å². The van der Waals surface area contributed by atoms with E-state index in [1.54, 1.807) is 0 Å². The molecule has 3 rings (SSSR count). The van der Waals surface area contributed by atoms with Gasteiger partial charge >= 0.3 is 0 Å². The molecule has 0 N–H and O–H groups in total. The predicted molar refractivity (Wildman–Crippen MR) is 79.2 cm³/mol. The van der Waals surface area contributed by atoms with E-state index in [0.29, 0.717) is 0 Å². The van der Waals surface area contributed by atoms with Crippen LogP contribution < -0.4 is 0 Å². The summed E-state index contributed by atoms with van der Waals surface area (Å²) >= 11 is 0. The van der Waals surface area contributed by atoms with Gasteiger partial charge < -0.3 is 0 Å². The summed E-state index contributed by atoms with van der Waals surface area (Å²) in [4.78, 5) is 8.84. The smallest absolute Gasteiger partial charge is 0.126 e. The second-order valence-electron chi connectivity index (χ2n) is 5.01. The highest BCUT2D eigenvalue weighted by atomic mass is 14.9. The van der Waals surface area contributed by atoms with E-state index in [0.717, 1.165) is 22.8 Å². The molecular weight excluding hydrogens is 232 g/mol. The molecule has 94 valence electrons. The summed E-state index contributed by atoms with van der Waals surface area (Å²) in [6, 6.07) is 15.0. The monoisotopic (exact) mass is 248 g/mol. The van der Waals surface area contributed by atoms with E-state index < -0.39 is 0 Å². The molecule has 0 radical (unpaired) electrons. The molecule has 0 aliphatic rings. The zero-order valence-corrected chi connectivity index (χ0v) is 11.4. The fraction of sp³-hybridized carbons (Fsp3) is 0.176. The molecular formula is C17H16N2. The van der Waals surface area contributed by atoms with Crippen LogP contribution in [-0.4, -0.2) is 9.97 Å². The van der Waals surface area contributed by atoms with Gasteiger partial charge in [-0.25, -0.2) is 9.97 Å². The molecule has 0 saturated carbocycles. The fourth-order valence-corrected chi connectivity index (χ4v) is 2.39. The minimum Gasteiger partial charge on any atom is -0.239 e. The van der Waals surface area contributed by atoms with Crippen LogP contribution >= 0.6 is 0 Å². The Labute approximate surface area is 113 Å². The first-order valence-corrected chi connectivity index (χ1v) is 6.45. The first-order chi connectivity index (χ1) is 9.11. The lowest BCUT2D eigenvalue weighted by atomic mass is 10.0. The van der Waals surface area contributed by atoms with Gasteiger partial charge in [0.2, 0.25) is 0 Å². The van der Waals surface area contributed by atoms with E-state index in [-0.39, 0.29) is 0 Å². The van der Waals surface area contributed by atoms with Crippen LogP contribution in [0.1, 0.15) is 17.1 Å². The van der Waals surface area contributed by atoms with E-state index in [2.05, 4.69) is 53.3 Å². The summed E-state index contributed by atoms with van der Waals surface area (Å²) in [6.45, 7) is 6.05. The molecule has 2 nitrogen and oxygen atoms in total. The van der Waals surface area contributed by atoms with Crippen LogP contribution in [0.5, 0.6) is 0 Å². The molecule has 1 aromatic heterocycles. The third-order valence-corrected chi connectivity index (χ3v) is 3.26. The molecule has 19 heavy (non-hydrogen) atoms. The lowest BCUT2D eigenvalue weighted by Crippen LogP contribution is -1.93. The second-order valence-corrected chi connectivity index (χ2v) is 5.01. The van der Waals surface area contributed by atoms with Crippen molar-refractivity contribution in [1.82, 2.24) is 9.97 Å². The van der Waals surface area contributed by atoms with Gasteiger partial charge in [-0.2, -0.15) is 0 Å². The van der Waals surface area contributed by atoms with Crippen molar-refractivity contribution in [3.05, 3.63) is 59.5 Å². The number of benzene rings is 2. The molecule has 0 unspecified atom stereocenters. The lowest BCUT2D eigenvalue weighted by Gasteiger charge is -2.06. The van der Waals surface area contributed by atoms with E-state index in [9.17, 15) is 0 Å². The molecule has 2 aromatic carbocycles. The van der Waals surface area contributed by atoms with Crippen molar-refractivity contribution in [2.45, 2.75) is 20.8 Å². The first kappa shape index (κ1) is 11.8. The van der Waals surface area contributed by atoms with Gasteiger partial charge in [0.1, 0.15) is 5.82 Å². The average Bonchev–Trinajstić information content (AvgIpc) is 2.37. The summed E-state index contributed by atoms with van der Waals surface area (Å²) < 4.78 is 0. The summed E-state index contributed by atoms with van der Waals surface area (Å²) in [7, 11) is 0. The Morgan fingerprint density at radius 1 is 0.737 bits per heavy atom. The van der Waals surface area contributed by atoms with Crippen LogP contribution in [0.25, 0.3) is 22.0 Å². The largest absolute Gasteiger partial charge is 0.239 e. The zero-order chi connectivity index (χ0) is 13.4. The number of fused-ring (bicyclic) bond motifs is 1. The maximum Gasteiger partial charge on any atom is 0.126 e. The van der Waals surface area contributed by atoms with Crippen molar-refractivity contribution in [2.24, 2.45) is 0 Å². The zero-order valence-electron chi connectivity index (χ0n) is 11.4. The Balaban J connectivity index is 2.17. The lowest BCUT2D eigenvalue weighted by molar-refractivity contribution is 1.02. The van der Waals surface area contributed by atoms with Crippen LogP contribution in [-0.2, 0) is 0 Å². The van der Waals surface area contributed by atoms with Crippen molar-refractivity contribution in [1.29, 1.82) is 0 Å². The highest BCUT2D eigenvalue weighted by Gasteiger charge is 2.03. The molecule has 2 heteroatoms. The SMILES string of the molecule is Cc1ccc2cc(-c3cc(C)nc(C)n3)ccc2c1. The van der Waals surface area contributed by atoms with Crippen molar-refractivity contribution in [3.63, 3.8) is 0 Å². The van der Waals surface area contributed by atoms with Crippen LogP contribution in [0.2, 0.25) is 0 Å². The van der Waals surface area contributed by atoms with Gasteiger partial charge in [-0.1, -0.05) is 35.9 Å². The second kappa shape index (κ2) is 4.47. The number of hydrogen-bond donors (Lipinski definition) is 0. The Kier molecular flexibility index (Phi) is 2.79. The summed E-state index contributed by atoms with van der Waals surface area (Å²) in [5.74, 6) is 0.819. The number of aromatic nitrogens is 2. The number of hydrogen-bond acceptors (Lipinski definition) is 2. The maximum absolute atomic E-state index is 4.52. The first-order valence-electron chi connectivity index (χ1n) is 6.45. The molecule has 0 atom stereocenters. The van der Waals surface area contributed by atoms with Crippen molar-refractivity contribution < 1.29 is 0 Å². The van der Waals surface area contributed by atoms with Crippen LogP contribution in [0.4, 0.5) is 0 Å². The molecule has 0 spiro atoms.